The number of unbranched alkanes of at least 4 members (excludes halogenated alkanes) is 1. The smallest absolute Gasteiger partial charge is 0.309 e. The summed E-state index contributed by atoms with van der Waals surface area (Å²) in [7, 11) is 0. The van der Waals surface area contributed by atoms with Crippen LogP contribution in [0.4, 0.5) is 0 Å². The Morgan fingerprint density at radius 3 is 2.50 bits per heavy atom. The fraction of sp³-hybridized carbons (Fsp3) is 0.429. The molecule has 38 heavy (non-hydrogen) atoms. The lowest BCUT2D eigenvalue weighted by molar-refractivity contribution is -0.151. The maximum absolute atomic E-state index is 12.7. The van der Waals surface area contributed by atoms with E-state index in [1.807, 2.05) is 46.7 Å². The summed E-state index contributed by atoms with van der Waals surface area (Å²) >= 11 is 14.1. The van der Waals surface area contributed by atoms with Crippen LogP contribution >= 0.6 is 35.0 Å². The summed E-state index contributed by atoms with van der Waals surface area (Å²) in [6.07, 6.45) is 4.16. The Bertz CT molecular complexity index is 1230. The highest BCUT2D eigenvalue weighted by molar-refractivity contribution is 7.99. The van der Waals surface area contributed by atoms with Crippen LogP contribution in [-0.4, -0.2) is 57.0 Å². The highest BCUT2D eigenvalue weighted by Gasteiger charge is 2.27. The maximum atomic E-state index is 12.7. The van der Waals surface area contributed by atoms with E-state index in [0.29, 0.717) is 55.4 Å². The van der Waals surface area contributed by atoms with Crippen molar-refractivity contribution in [3.05, 3.63) is 70.0 Å². The molecule has 202 valence electrons. The third-order valence-electron chi connectivity index (χ3n) is 6.55. The van der Waals surface area contributed by atoms with Crippen molar-refractivity contribution in [2.75, 3.05) is 25.4 Å². The number of aromatic nitrogens is 3. The summed E-state index contributed by atoms with van der Waals surface area (Å²) < 4.78 is 7.14. The molecule has 3 aromatic rings. The zero-order valence-electron chi connectivity index (χ0n) is 21.4. The topological polar surface area (TPSA) is 77.3 Å². The summed E-state index contributed by atoms with van der Waals surface area (Å²) in [5.74, 6) is 1.55. The zero-order chi connectivity index (χ0) is 26.9. The van der Waals surface area contributed by atoms with Gasteiger partial charge in [-0.1, -0.05) is 65.3 Å². The summed E-state index contributed by atoms with van der Waals surface area (Å²) in [5.41, 5.74) is 2.00. The van der Waals surface area contributed by atoms with Crippen LogP contribution in [0, 0.1) is 5.92 Å². The van der Waals surface area contributed by atoms with Gasteiger partial charge in [-0.05, 0) is 56.4 Å². The van der Waals surface area contributed by atoms with Crippen LogP contribution in [0.25, 0.3) is 5.69 Å². The first-order valence-corrected chi connectivity index (χ1v) is 14.7. The SMILES string of the molecule is CCOC(=O)C1CCN(C(=O)CCCCSc2nnc(Cc3ccccc3)n2-c2ccc(Cl)c(Cl)c2)CC1. The largest absolute Gasteiger partial charge is 0.466 e. The molecule has 0 saturated carbocycles. The number of rotatable bonds is 11. The predicted octanol–water partition coefficient (Wildman–Crippen LogP) is 6.23. The van der Waals surface area contributed by atoms with Crippen molar-refractivity contribution in [2.24, 2.45) is 5.92 Å². The molecular formula is C28H32Cl2N4O3S. The van der Waals surface area contributed by atoms with Crippen LogP contribution in [0.5, 0.6) is 0 Å². The number of benzene rings is 2. The van der Waals surface area contributed by atoms with E-state index in [-0.39, 0.29) is 17.8 Å². The summed E-state index contributed by atoms with van der Waals surface area (Å²) in [6.45, 7) is 3.45. The van der Waals surface area contributed by atoms with Crippen molar-refractivity contribution in [1.29, 1.82) is 0 Å². The van der Waals surface area contributed by atoms with Gasteiger partial charge in [0.25, 0.3) is 0 Å². The highest BCUT2D eigenvalue weighted by Crippen LogP contribution is 2.29. The lowest BCUT2D eigenvalue weighted by Gasteiger charge is -2.31. The van der Waals surface area contributed by atoms with Crippen molar-refractivity contribution >= 4 is 46.8 Å². The number of nitrogens with zero attached hydrogens (tertiary/aromatic N) is 4. The average molecular weight is 576 g/mol. The second-order valence-electron chi connectivity index (χ2n) is 9.21. The van der Waals surface area contributed by atoms with Gasteiger partial charge in [0.05, 0.1) is 28.3 Å². The van der Waals surface area contributed by atoms with Crippen LogP contribution in [0.2, 0.25) is 10.0 Å². The monoisotopic (exact) mass is 574 g/mol. The summed E-state index contributed by atoms with van der Waals surface area (Å²) in [4.78, 5) is 26.5. The molecule has 1 saturated heterocycles. The Morgan fingerprint density at radius 2 is 1.79 bits per heavy atom. The van der Waals surface area contributed by atoms with Gasteiger partial charge in [-0.3, -0.25) is 14.2 Å². The molecule has 0 aliphatic carbocycles. The number of esters is 1. The molecule has 0 atom stereocenters. The van der Waals surface area contributed by atoms with E-state index < -0.39 is 0 Å². The first-order chi connectivity index (χ1) is 18.5. The summed E-state index contributed by atoms with van der Waals surface area (Å²) in [5, 5.41) is 10.7. The van der Waals surface area contributed by atoms with Crippen molar-refractivity contribution < 1.29 is 14.3 Å². The number of ether oxygens (including phenoxy) is 1. The molecule has 2 aromatic carbocycles. The Hall–Kier alpha value is -2.55. The molecule has 0 bridgehead atoms. The van der Waals surface area contributed by atoms with Gasteiger partial charge in [0.1, 0.15) is 5.82 Å². The Kier molecular flexibility index (Phi) is 10.5. The first-order valence-electron chi connectivity index (χ1n) is 13.0. The van der Waals surface area contributed by atoms with Crippen molar-refractivity contribution in [3.63, 3.8) is 0 Å². The van der Waals surface area contributed by atoms with Crippen LogP contribution in [0.1, 0.15) is 50.4 Å². The van der Waals surface area contributed by atoms with Gasteiger partial charge in [0.15, 0.2) is 5.16 Å². The van der Waals surface area contributed by atoms with E-state index in [0.717, 1.165) is 40.8 Å². The third-order valence-corrected chi connectivity index (χ3v) is 8.30. The molecule has 0 spiro atoms. The molecular weight excluding hydrogens is 543 g/mol. The number of hydrogen-bond acceptors (Lipinski definition) is 6. The van der Waals surface area contributed by atoms with Gasteiger partial charge in [0, 0.05) is 31.7 Å². The lowest BCUT2D eigenvalue weighted by Crippen LogP contribution is -2.40. The van der Waals surface area contributed by atoms with Crippen molar-refractivity contribution in [3.8, 4) is 5.69 Å². The van der Waals surface area contributed by atoms with Crippen LogP contribution < -0.4 is 0 Å². The number of amides is 1. The van der Waals surface area contributed by atoms with Gasteiger partial charge in [-0.15, -0.1) is 10.2 Å². The second kappa shape index (κ2) is 14.0. The van der Waals surface area contributed by atoms with Gasteiger partial charge < -0.3 is 9.64 Å². The van der Waals surface area contributed by atoms with Crippen LogP contribution in [0.15, 0.2) is 53.7 Å². The highest BCUT2D eigenvalue weighted by atomic mass is 35.5. The Labute approximate surface area is 237 Å². The molecule has 1 aliphatic rings. The summed E-state index contributed by atoms with van der Waals surface area (Å²) in [6, 6.07) is 15.7. The van der Waals surface area contributed by atoms with Crippen LogP contribution in [0.3, 0.4) is 0 Å². The van der Waals surface area contributed by atoms with E-state index in [2.05, 4.69) is 22.3 Å². The normalized spacial score (nSPS) is 14.0. The van der Waals surface area contributed by atoms with Gasteiger partial charge >= 0.3 is 5.97 Å². The number of carbonyl (C=O) groups is 2. The lowest BCUT2D eigenvalue weighted by atomic mass is 9.96. The average Bonchev–Trinajstić information content (AvgIpc) is 3.32. The zero-order valence-corrected chi connectivity index (χ0v) is 23.8. The molecule has 1 amide bonds. The molecule has 1 fully saturated rings. The minimum absolute atomic E-state index is 0.0879. The maximum Gasteiger partial charge on any atom is 0.309 e. The molecule has 0 radical (unpaired) electrons. The number of thioether (sulfide) groups is 1. The number of piperidine rings is 1. The quantitative estimate of drug-likeness (QED) is 0.153. The van der Waals surface area contributed by atoms with Gasteiger partial charge in [-0.25, -0.2) is 0 Å². The number of likely N-dealkylation sites (tertiary alicyclic amines) is 1. The number of carbonyl (C=O) groups excluding carboxylic acids is 2. The third kappa shape index (κ3) is 7.52. The van der Waals surface area contributed by atoms with E-state index >= 15 is 0 Å². The minimum atomic E-state index is -0.141. The van der Waals surface area contributed by atoms with Gasteiger partial charge in [0.2, 0.25) is 5.91 Å². The Morgan fingerprint density at radius 1 is 1.03 bits per heavy atom. The molecule has 7 nitrogen and oxygen atoms in total. The molecule has 0 unspecified atom stereocenters. The number of hydrogen-bond donors (Lipinski definition) is 0. The van der Waals surface area contributed by atoms with E-state index in [4.69, 9.17) is 27.9 Å². The van der Waals surface area contributed by atoms with Crippen LogP contribution in [-0.2, 0) is 20.7 Å². The van der Waals surface area contributed by atoms with Crippen molar-refractivity contribution in [2.45, 2.75) is 50.6 Å². The van der Waals surface area contributed by atoms with Gasteiger partial charge in [-0.2, -0.15) is 0 Å². The first kappa shape index (κ1) is 28.5. The predicted molar refractivity (Wildman–Crippen MR) is 151 cm³/mol. The molecule has 10 heteroatoms. The molecule has 1 aliphatic heterocycles. The standard InChI is InChI=1S/C28H32Cl2N4O3S/c1-2-37-27(36)21-13-15-33(16-14-21)26(35)10-6-7-17-38-28-32-31-25(18-20-8-4-3-5-9-20)34(28)22-11-12-23(29)24(30)19-22/h3-5,8-9,11-12,19,21H,2,6-7,10,13-18H2,1H3. The molecule has 0 N–H and O–H groups in total. The number of halogens is 2. The molecule has 1 aromatic heterocycles. The molecule has 2 heterocycles. The fourth-order valence-corrected chi connectivity index (χ4v) is 5.76. The fourth-order valence-electron chi connectivity index (χ4n) is 4.49. The Balaban J connectivity index is 1.31. The van der Waals surface area contributed by atoms with Crippen molar-refractivity contribution in [1.82, 2.24) is 19.7 Å². The minimum Gasteiger partial charge on any atom is -0.466 e. The van der Waals surface area contributed by atoms with E-state index in [1.54, 1.807) is 17.8 Å². The van der Waals surface area contributed by atoms with E-state index in [9.17, 15) is 9.59 Å². The second-order valence-corrected chi connectivity index (χ2v) is 11.1. The van der Waals surface area contributed by atoms with E-state index in [1.165, 1.54) is 0 Å². The molecule has 4 rings (SSSR count).